The minimum absolute atomic E-state index is 0.781. The van der Waals surface area contributed by atoms with Gasteiger partial charge in [-0.25, -0.2) is 4.98 Å². The van der Waals surface area contributed by atoms with Gasteiger partial charge < -0.3 is 0 Å². The van der Waals surface area contributed by atoms with Crippen LogP contribution in [0, 0.1) is 0 Å². The van der Waals surface area contributed by atoms with Crippen LogP contribution in [0.1, 0.15) is 23.9 Å². The Morgan fingerprint density at radius 1 is 1.12 bits per heavy atom. The van der Waals surface area contributed by atoms with Crippen molar-refractivity contribution < 1.29 is 0 Å². The highest BCUT2D eigenvalue weighted by Crippen LogP contribution is 2.10. The molecular formula is C13H13BrN2. The molecule has 2 heterocycles. The lowest BCUT2D eigenvalue weighted by atomic mass is 10.1. The van der Waals surface area contributed by atoms with Gasteiger partial charge in [0.1, 0.15) is 4.60 Å². The predicted octanol–water partition coefficient (Wildman–Crippen LogP) is 3.39. The SMILES string of the molecule is CCc1ccc(Cc2cccc(Br)n2)nc1. The second-order valence-electron chi connectivity index (χ2n) is 3.64. The molecule has 0 radical (unpaired) electrons. The first-order valence-corrected chi connectivity index (χ1v) is 6.12. The molecule has 0 spiro atoms. The number of halogens is 1. The van der Waals surface area contributed by atoms with E-state index in [0.29, 0.717) is 0 Å². The van der Waals surface area contributed by atoms with Gasteiger partial charge in [0.2, 0.25) is 0 Å². The van der Waals surface area contributed by atoms with Gasteiger partial charge in [0.25, 0.3) is 0 Å². The third kappa shape index (κ3) is 2.89. The van der Waals surface area contributed by atoms with Gasteiger partial charge >= 0.3 is 0 Å². The molecule has 0 aromatic carbocycles. The van der Waals surface area contributed by atoms with Crippen LogP contribution in [0.2, 0.25) is 0 Å². The number of aromatic nitrogens is 2. The smallest absolute Gasteiger partial charge is 0.106 e. The first-order chi connectivity index (χ1) is 7.78. The molecule has 0 unspecified atom stereocenters. The van der Waals surface area contributed by atoms with E-state index in [2.05, 4.69) is 45.0 Å². The minimum atomic E-state index is 0.781. The molecule has 2 aromatic rings. The van der Waals surface area contributed by atoms with Gasteiger partial charge in [-0.05, 0) is 46.1 Å². The highest BCUT2D eigenvalue weighted by Gasteiger charge is 1.99. The van der Waals surface area contributed by atoms with Crippen LogP contribution in [0.3, 0.4) is 0 Å². The Kier molecular flexibility index (Phi) is 3.67. The van der Waals surface area contributed by atoms with Gasteiger partial charge in [-0.15, -0.1) is 0 Å². The van der Waals surface area contributed by atoms with Gasteiger partial charge in [0.05, 0.1) is 0 Å². The fourth-order valence-corrected chi connectivity index (χ4v) is 1.88. The lowest BCUT2D eigenvalue weighted by Gasteiger charge is -2.02. The maximum atomic E-state index is 4.42. The summed E-state index contributed by atoms with van der Waals surface area (Å²) in [5, 5.41) is 0. The second-order valence-corrected chi connectivity index (χ2v) is 4.45. The largest absolute Gasteiger partial charge is 0.261 e. The zero-order valence-electron chi connectivity index (χ0n) is 9.15. The van der Waals surface area contributed by atoms with Crippen molar-refractivity contribution in [3.05, 3.63) is 58.1 Å². The lowest BCUT2D eigenvalue weighted by Crippen LogP contribution is -1.95. The van der Waals surface area contributed by atoms with Crippen molar-refractivity contribution in [3.63, 3.8) is 0 Å². The number of nitrogens with zero attached hydrogens (tertiary/aromatic N) is 2. The molecule has 0 N–H and O–H groups in total. The summed E-state index contributed by atoms with van der Waals surface area (Å²) in [5.74, 6) is 0. The first-order valence-electron chi connectivity index (χ1n) is 5.33. The van der Waals surface area contributed by atoms with E-state index in [1.807, 2.05) is 24.4 Å². The fourth-order valence-electron chi connectivity index (χ4n) is 1.50. The van der Waals surface area contributed by atoms with E-state index < -0.39 is 0 Å². The van der Waals surface area contributed by atoms with Crippen LogP contribution < -0.4 is 0 Å². The molecule has 0 aliphatic heterocycles. The van der Waals surface area contributed by atoms with E-state index >= 15 is 0 Å². The molecule has 0 amide bonds. The van der Waals surface area contributed by atoms with Crippen molar-refractivity contribution in [3.8, 4) is 0 Å². The Balaban J connectivity index is 2.14. The van der Waals surface area contributed by atoms with Crippen LogP contribution in [0.25, 0.3) is 0 Å². The second kappa shape index (κ2) is 5.21. The molecule has 0 aliphatic rings. The summed E-state index contributed by atoms with van der Waals surface area (Å²) in [4.78, 5) is 8.81. The van der Waals surface area contributed by atoms with Crippen LogP contribution in [-0.4, -0.2) is 9.97 Å². The molecule has 0 bridgehead atoms. The van der Waals surface area contributed by atoms with Crippen molar-refractivity contribution in [2.45, 2.75) is 19.8 Å². The van der Waals surface area contributed by atoms with E-state index in [1.165, 1.54) is 5.56 Å². The summed E-state index contributed by atoms with van der Waals surface area (Å²) in [6, 6.07) is 10.1. The Morgan fingerprint density at radius 2 is 2.00 bits per heavy atom. The van der Waals surface area contributed by atoms with Crippen molar-refractivity contribution in [2.24, 2.45) is 0 Å². The van der Waals surface area contributed by atoms with Gasteiger partial charge in [-0.3, -0.25) is 4.98 Å². The molecule has 0 fully saturated rings. The quantitative estimate of drug-likeness (QED) is 0.804. The summed E-state index contributed by atoms with van der Waals surface area (Å²) in [7, 11) is 0. The van der Waals surface area contributed by atoms with E-state index in [4.69, 9.17) is 0 Å². The maximum Gasteiger partial charge on any atom is 0.106 e. The third-order valence-corrected chi connectivity index (χ3v) is 2.87. The number of hydrogen-bond acceptors (Lipinski definition) is 2. The molecule has 0 aliphatic carbocycles. The van der Waals surface area contributed by atoms with Gasteiger partial charge in [-0.1, -0.05) is 19.1 Å². The molecule has 16 heavy (non-hydrogen) atoms. The van der Waals surface area contributed by atoms with E-state index in [-0.39, 0.29) is 0 Å². The Bertz CT molecular complexity index is 466. The summed E-state index contributed by atoms with van der Waals surface area (Å²) >= 11 is 3.37. The molecule has 2 rings (SSSR count). The Labute approximate surface area is 104 Å². The first kappa shape index (κ1) is 11.3. The van der Waals surface area contributed by atoms with E-state index in [9.17, 15) is 0 Å². The zero-order chi connectivity index (χ0) is 11.4. The molecule has 0 saturated heterocycles. The van der Waals surface area contributed by atoms with Gasteiger partial charge in [-0.2, -0.15) is 0 Å². The summed E-state index contributed by atoms with van der Waals surface area (Å²) in [6.07, 6.45) is 3.75. The Hall–Kier alpha value is -1.22. The standard InChI is InChI=1S/C13H13BrN2/c1-2-10-6-7-11(15-9-10)8-12-4-3-5-13(14)16-12/h3-7,9H,2,8H2,1H3. The van der Waals surface area contributed by atoms with E-state index in [1.54, 1.807) is 0 Å². The monoisotopic (exact) mass is 276 g/mol. The average Bonchev–Trinajstić information content (AvgIpc) is 2.30. The summed E-state index contributed by atoms with van der Waals surface area (Å²) < 4.78 is 0.871. The summed E-state index contributed by atoms with van der Waals surface area (Å²) in [6.45, 7) is 2.13. The average molecular weight is 277 g/mol. The topological polar surface area (TPSA) is 25.8 Å². The summed E-state index contributed by atoms with van der Waals surface area (Å²) in [5.41, 5.74) is 3.36. The molecule has 0 saturated carbocycles. The molecule has 2 aromatic heterocycles. The van der Waals surface area contributed by atoms with Crippen LogP contribution in [-0.2, 0) is 12.8 Å². The minimum Gasteiger partial charge on any atom is -0.261 e. The lowest BCUT2D eigenvalue weighted by molar-refractivity contribution is 0.985. The van der Waals surface area contributed by atoms with Crippen LogP contribution in [0.4, 0.5) is 0 Å². The van der Waals surface area contributed by atoms with Crippen molar-refractivity contribution in [1.82, 2.24) is 9.97 Å². The zero-order valence-corrected chi connectivity index (χ0v) is 10.7. The number of rotatable bonds is 3. The fraction of sp³-hybridized carbons (Fsp3) is 0.231. The third-order valence-electron chi connectivity index (χ3n) is 2.43. The van der Waals surface area contributed by atoms with Crippen molar-refractivity contribution in [1.29, 1.82) is 0 Å². The van der Waals surface area contributed by atoms with Crippen molar-refractivity contribution in [2.75, 3.05) is 0 Å². The molecule has 0 atom stereocenters. The normalized spacial score (nSPS) is 10.4. The van der Waals surface area contributed by atoms with Gasteiger partial charge in [0.15, 0.2) is 0 Å². The van der Waals surface area contributed by atoms with E-state index in [0.717, 1.165) is 28.8 Å². The molecular weight excluding hydrogens is 264 g/mol. The van der Waals surface area contributed by atoms with Crippen LogP contribution in [0.5, 0.6) is 0 Å². The molecule has 3 heteroatoms. The number of hydrogen-bond donors (Lipinski definition) is 0. The predicted molar refractivity (Wildman–Crippen MR) is 68.4 cm³/mol. The maximum absolute atomic E-state index is 4.42. The van der Waals surface area contributed by atoms with Crippen LogP contribution >= 0.6 is 15.9 Å². The van der Waals surface area contributed by atoms with Gasteiger partial charge in [0, 0.05) is 24.0 Å². The molecule has 82 valence electrons. The van der Waals surface area contributed by atoms with Crippen molar-refractivity contribution >= 4 is 15.9 Å². The highest BCUT2D eigenvalue weighted by atomic mass is 79.9. The highest BCUT2D eigenvalue weighted by molar-refractivity contribution is 9.10. The molecule has 2 nitrogen and oxygen atoms in total. The number of aryl methyl sites for hydroxylation is 1. The van der Waals surface area contributed by atoms with Crippen LogP contribution in [0.15, 0.2) is 41.1 Å². The Morgan fingerprint density at radius 3 is 2.62 bits per heavy atom. The number of pyridine rings is 2.